The quantitative estimate of drug-likeness (QED) is 0.577. The van der Waals surface area contributed by atoms with Crippen molar-refractivity contribution in [2.45, 2.75) is 6.54 Å². The van der Waals surface area contributed by atoms with Crippen LogP contribution in [0.1, 0.15) is 5.56 Å². The second-order valence-corrected chi connectivity index (χ2v) is 6.31. The second kappa shape index (κ2) is 6.18. The van der Waals surface area contributed by atoms with Gasteiger partial charge in [0.05, 0.1) is 10.2 Å². The first-order valence-corrected chi connectivity index (χ1v) is 8.29. The topological polar surface area (TPSA) is 37.8 Å². The lowest BCUT2D eigenvalue weighted by Crippen LogP contribution is -1.99. The minimum atomic E-state index is 0.761. The molecule has 2 aromatic carbocycles. The molecule has 4 rings (SSSR count). The molecule has 3 nitrogen and oxygen atoms in total. The highest BCUT2D eigenvalue weighted by Gasteiger charge is 2.06. The summed E-state index contributed by atoms with van der Waals surface area (Å²) in [4.78, 5) is 8.86. The van der Waals surface area contributed by atoms with Crippen molar-refractivity contribution in [2.75, 3.05) is 5.32 Å². The van der Waals surface area contributed by atoms with Crippen LogP contribution < -0.4 is 5.32 Å². The lowest BCUT2D eigenvalue weighted by molar-refractivity contribution is 1.11. The predicted molar refractivity (Wildman–Crippen MR) is 96.6 cm³/mol. The third-order valence-corrected chi connectivity index (χ3v) is 4.71. The molecule has 2 aromatic heterocycles. The summed E-state index contributed by atoms with van der Waals surface area (Å²) in [6.07, 6.45) is 3.67. The maximum Gasteiger partial charge on any atom is 0.124 e. The molecule has 23 heavy (non-hydrogen) atoms. The van der Waals surface area contributed by atoms with Crippen LogP contribution in [0.15, 0.2) is 73.1 Å². The number of fused-ring (bicyclic) bond motifs is 1. The zero-order chi connectivity index (χ0) is 15.5. The molecular weight excluding hydrogens is 302 g/mol. The van der Waals surface area contributed by atoms with Crippen LogP contribution in [0.5, 0.6) is 0 Å². The number of thiazole rings is 1. The van der Waals surface area contributed by atoms with E-state index < -0.39 is 0 Å². The zero-order valence-electron chi connectivity index (χ0n) is 12.4. The summed E-state index contributed by atoms with van der Waals surface area (Å²) < 4.78 is 1.22. The van der Waals surface area contributed by atoms with Gasteiger partial charge < -0.3 is 5.32 Å². The third kappa shape index (κ3) is 3.07. The molecule has 0 saturated carbocycles. The van der Waals surface area contributed by atoms with Gasteiger partial charge in [-0.3, -0.25) is 4.98 Å². The molecule has 0 fully saturated rings. The number of hydrogen-bond donors (Lipinski definition) is 1. The van der Waals surface area contributed by atoms with Crippen LogP contribution in [0, 0.1) is 0 Å². The van der Waals surface area contributed by atoms with Crippen LogP contribution in [0.4, 0.5) is 5.69 Å². The Labute approximate surface area is 138 Å². The summed E-state index contributed by atoms with van der Waals surface area (Å²) in [5, 5.41) is 4.49. The largest absolute Gasteiger partial charge is 0.381 e. The van der Waals surface area contributed by atoms with Crippen LogP contribution >= 0.6 is 11.3 Å². The Hall–Kier alpha value is -2.72. The highest BCUT2D eigenvalue weighted by molar-refractivity contribution is 7.21. The summed E-state index contributed by atoms with van der Waals surface area (Å²) in [7, 11) is 0. The van der Waals surface area contributed by atoms with Gasteiger partial charge in [0, 0.05) is 30.2 Å². The molecule has 0 bridgehead atoms. The van der Waals surface area contributed by atoms with Crippen molar-refractivity contribution in [3.8, 4) is 10.6 Å². The Bertz CT molecular complexity index is 898. The molecule has 0 radical (unpaired) electrons. The summed E-state index contributed by atoms with van der Waals surface area (Å²) >= 11 is 1.72. The van der Waals surface area contributed by atoms with Crippen molar-refractivity contribution in [3.63, 3.8) is 0 Å². The van der Waals surface area contributed by atoms with Gasteiger partial charge in [0.1, 0.15) is 5.01 Å². The summed E-state index contributed by atoms with van der Waals surface area (Å²) in [5.74, 6) is 0. The van der Waals surface area contributed by atoms with Crippen LogP contribution in [0.25, 0.3) is 20.8 Å². The van der Waals surface area contributed by atoms with Crippen molar-refractivity contribution in [1.82, 2.24) is 9.97 Å². The van der Waals surface area contributed by atoms with Crippen LogP contribution in [0.3, 0.4) is 0 Å². The van der Waals surface area contributed by atoms with Crippen molar-refractivity contribution in [1.29, 1.82) is 0 Å². The van der Waals surface area contributed by atoms with Crippen LogP contribution in [0.2, 0.25) is 0 Å². The van der Waals surface area contributed by atoms with E-state index in [0.717, 1.165) is 33.9 Å². The lowest BCUT2D eigenvalue weighted by Gasteiger charge is -2.07. The minimum Gasteiger partial charge on any atom is -0.381 e. The number of nitrogens with zero attached hydrogens (tertiary/aromatic N) is 2. The SMILES string of the molecule is c1cncc(CNc2cccc(-c3nc4ccccc4s3)c2)c1. The Kier molecular flexibility index (Phi) is 3.74. The molecule has 0 unspecified atom stereocenters. The smallest absolute Gasteiger partial charge is 0.124 e. The summed E-state index contributed by atoms with van der Waals surface area (Å²) in [6, 6.07) is 20.7. The van der Waals surface area contributed by atoms with E-state index in [2.05, 4.69) is 58.8 Å². The van der Waals surface area contributed by atoms with Gasteiger partial charge in [-0.05, 0) is 35.9 Å². The van der Waals surface area contributed by atoms with E-state index in [9.17, 15) is 0 Å². The van der Waals surface area contributed by atoms with E-state index in [-0.39, 0.29) is 0 Å². The maximum atomic E-state index is 4.72. The monoisotopic (exact) mass is 317 g/mol. The van der Waals surface area contributed by atoms with Crippen LogP contribution in [-0.2, 0) is 6.54 Å². The fourth-order valence-corrected chi connectivity index (χ4v) is 3.43. The Morgan fingerprint density at radius 2 is 1.91 bits per heavy atom. The van der Waals surface area contributed by atoms with Crippen molar-refractivity contribution in [3.05, 3.63) is 78.6 Å². The highest BCUT2D eigenvalue weighted by atomic mass is 32.1. The first-order valence-electron chi connectivity index (χ1n) is 7.47. The molecule has 0 aliphatic carbocycles. The molecule has 0 aliphatic rings. The standard InChI is InChI=1S/C19H15N3S/c1-2-9-18-17(8-1)22-19(23-18)15-6-3-7-16(11-15)21-13-14-5-4-10-20-12-14/h1-12,21H,13H2. The van der Waals surface area contributed by atoms with Crippen molar-refractivity contribution in [2.24, 2.45) is 0 Å². The number of benzene rings is 2. The normalized spacial score (nSPS) is 10.8. The first kappa shape index (κ1) is 13.9. The van der Waals surface area contributed by atoms with Gasteiger partial charge >= 0.3 is 0 Å². The highest BCUT2D eigenvalue weighted by Crippen LogP contribution is 2.31. The van der Waals surface area contributed by atoms with Crippen LogP contribution in [-0.4, -0.2) is 9.97 Å². The van der Waals surface area contributed by atoms with Gasteiger partial charge in [0.15, 0.2) is 0 Å². The van der Waals surface area contributed by atoms with Crippen molar-refractivity contribution < 1.29 is 0 Å². The number of para-hydroxylation sites is 1. The number of nitrogens with one attached hydrogen (secondary N) is 1. The number of pyridine rings is 1. The summed E-state index contributed by atoms with van der Waals surface area (Å²) in [6.45, 7) is 0.761. The molecule has 2 heterocycles. The van der Waals surface area contributed by atoms with Gasteiger partial charge in [-0.2, -0.15) is 0 Å². The minimum absolute atomic E-state index is 0.761. The third-order valence-electron chi connectivity index (χ3n) is 3.62. The van der Waals surface area contributed by atoms with E-state index in [1.54, 1.807) is 17.5 Å². The van der Waals surface area contributed by atoms with E-state index in [1.807, 2.05) is 18.3 Å². The second-order valence-electron chi connectivity index (χ2n) is 5.28. The van der Waals surface area contributed by atoms with Gasteiger partial charge in [-0.1, -0.05) is 30.3 Å². The number of aromatic nitrogens is 2. The molecule has 0 spiro atoms. The Morgan fingerprint density at radius 3 is 2.78 bits per heavy atom. The van der Waals surface area contributed by atoms with E-state index in [1.165, 1.54) is 4.70 Å². The van der Waals surface area contributed by atoms with E-state index >= 15 is 0 Å². The van der Waals surface area contributed by atoms with E-state index in [0.29, 0.717) is 0 Å². The molecule has 0 saturated heterocycles. The first-order chi connectivity index (χ1) is 11.4. The van der Waals surface area contributed by atoms with Gasteiger partial charge in [0.2, 0.25) is 0 Å². The molecule has 0 amide bonds. The van der Waals surface area contributed by atoms with E-state index in [4.69, 9.17) is 4.98 Å². The Balaban J connectivity index is 1.58. The molecular formula is C19H15N3S. The van der Waals surface area contributed by atoms with Gasteiger partial charge in [0.25, 0.3) is 0 Å². The van der Waals surface area contributed by atoms with Crippen molar-refractivity contribution >= 4 is 27.2 Å². The Morgan fingerprint density at radius 1 is 0.957 bits per heavy atom. The average Bonchev–Trinajstić information content (AvgIpc) is 3.05. The molecule has 0 aliphatic heterocycles. The van der Waals surface area contributed by atoms with Gasteiger partial charge in [-0.15, -0.1) is 11.3 Å². The molecule has 4 aromatic rings. The molecule has 1 N–H and O–H groups in total. The molecule has 112 valence electrons. The fourth-order valence-electron chi connectivity index (χ4n) is 2.46. The predicted octanol–water partition coefficient (Wildman–Crippen LogP) is 4.97. The molecule has 0 atom stereocenters. The average molecular weight is 317 g/mol. The van der Waals surface area contributed by atoms with Gasteiger partial charge in [-0.25, -0.2) is 4.98 Å². The molecule has 4 heteroatoms. The maximum absolute atomic E-state index is 4.72. The number of hydrogen-bond acceptors (Lipinski definition) is 4. The lowest BCUT2D eigenvalue weighted by atomic mass is 10.2. The number of anilines is 1. The zero-order valence-corrected chi connectivity index (χ0v) is 13.3. The fraction of sp³-hybridized carbons (Fsp3) is 0.0526. The number of rotatable bonds is 4. The summed E-state index contributed by atoms with van der Waals surface area (Å²) in [5.41, 5.74) is 4.45.